The lowest BCUT2D eigenvalue weighted by Gasteiger charge is -2.13. The van der Waals surface area contributed by atoms with E-state index >= 15 is 0 Å². The van der Waals surface area contributed by atoms with Gasteiger partial charge in [-0.15, -0.1) is 0 Å². The molecule has 0 saturated heterocycles. The molecule has 0 fully saturated rings. The van der Waals surface area contributed by atoms with Crippen LogP contribution in [-0.2, 0) is 22.7 Å². The molecule has 23 heavy (non-hydrogen) atoms. The number of nitrogens with one attached hydrogen (secondary N) is 1. The molecule has 0 saturated carbocycles. The van der Waals surface area contributed by atoms with Gasteiger partial charge in [-0.3, -0.25) is 4.79 Å². The number of carbonyl (C=O) groups excluding carboxylic acids is 1. The minimum Gasteiger partial charge on any atom is -0.377 e. The number of amides is 1. The van der Waals surface area contributed by atoms with E-state index in [-0.39, 0.29) is 11.8 Å². The molecule has 1 amide bonds. The first-order chi connectivity index (χ1) is 11.2. The van der Waals surface area contributed by atoms with Gasteiger partial charge in [0.05, 0.1) is 6.61 Å². The fraction of sp³-hybridized carbons (Fsp3) is 0.350. The summed E-state index contributed by atoms with van der Waals surface area (Å²) in [6, 6.07) is 18.2. The maximum absolute atomic E-state index is 12.2. The van der Waals surface area contributed by atoms with Crippen LogP contribution >= 0.6 is 0 Å². The molecule has 1 N–H and O–H groups in total. The first-order valence-corrected chi connectivity index (χ1v) is 8.17. The molecule has 0 aliphatic carbocycles. The van der Waals surface area contributed by atoms with Gasteiger partial charge in [0.25, 0.3) is 0 Å². The van der Waals surface area contributed by atoms with E-state index in [0.717, 1.165) is 11.1 Å². The van der Waals surface area contributed by atoms with Crippen LogP contribution in [0.15, 0.2) is 54.6 Å². The summed E-state index contributed by atoms with van der Waals surface area (Å²) in [5.74, 6) is 0.294. The summed E-state index contributed by atoms with van der Waals surface area (Å²) in [7, 11) is 0. The second-order valence-corrected chi connectivity index (χ2v) is 5.70. The van der Waals surface area contributed by atoms with Crippen molar-refractivity contribution in [2.45, 2.75) is 39.3 Å². The summed E-state index contributed by atoms with van der Waals surface area (Å²) >= 11 is 0. The van der Waals surface area contributed by atoms with E-state index in [4.69, 9.17) is 4.74 Å². The smallest absolute Gasteiger partial charge is 0.220 e. The SMILES string of the molecule is CCOCc1ccccc1CNC(=O)CC(C)c1ccccc1. The third-order valence-corrected chi connectivity index (χ3v) is 3.92. The molecule has 2 rings (SSSR count). The first kappa shape index (κ1) is 17.2. The van der Waals surface area contributed by atoms with Crippen molar-refractivity contribution in [2.24, 2.45) is 0 Å². The molecule has 122 valence electrons. The third kappa shape index (κ3) is 5.53. The Kier molecular flexibility index (Phi) is 6.82. The van der Waals surface area contributed by atoms with Crippen LogP contribution in [0.4, 0.5) is 0 Å². The maximum Gasteiger partial charge on any atom is 0.220 e. The van der Waals surface area contributed by atoms with E-state index in [1.54, 1.807) is 0 Å². The Morgan fingerprint density at radius 1 is 1.04 bits per heavy atom. The van der Waals surface area contributed by atoms with Crippen molar-refractivity contribution >= 4 is 5.91 Å². The zero-order valence-electron chi connectivity index (χ0n) is 13.9. The Balaban J connectivity index is 1.87. The lowest BCUT2D eigenvalue weighted by atomic mass is 9.97. The molecule has 0 aromatic heterocycles. The molecular weight excluding hydrogens is 286 g/mol. The van der Waals surface area contributed by atoms with E-state index in [1.165, 1.54) is 5.56 Å². The standard InChI is InChI=1S/C20H25NO2/c1-3-23-15-19-12-8-7-11-18(19)14-21-20(22)13-16(2)17-9-5-4-6-10-17/h4-12,16H,3,13-15H2,1-2H3,(H,21,22). The largest absolute Gasteiger partial charge is 0.377 e. The molecule has 0 radical (unpaired) electrons. The van der Waals surface area contributed by atoms with Gasteiger partial charge in [0.15, 0.2) is 0 Å². The highest BCUT2D eigenvalue weighted by Crippen LogP contribution is 2.18. The van der Waals surface area contributed by atoms with Crippen molar-refractivity contribution in [2.75, 3.05) is 6.61 Å². The predicted octanol–water partition coefficient (Wildman–Crippen LogP) is 4.03. The number of carbonyl (C=O) groups is 1. The van der Waals surface area contributed by atoms with Gasteiger partial charge in [-0.05, 0) is 29.5 Å². The monoisotopic (exact) mass is 311 g/mol. The lowest BCUT2D eigenvalue weighted by Crippen LogP contribution is -2.24. The van der Waals surface area contributed by atoms with Crippen molar-refractivity contribution in [3.63, 3.8) is 0 Å². The Morgan fingerprint density at radius 3 is 2.39 bits per heavy atom. The second kappa shape index (κ2) is 9.11. The van der Waals surface area contributed by atoms with Gasteiger partial charge in [-0.1, -0.05) is 61.5 Å². The first-order valence-electron chi connectivity index (χ1n) is 8.17. The Hall–Kier alpha value is -2.13. The Bertz CT molecular complexity index is 610. The fourth-order valence-corrected chi connectivity index (χ4v) is 2.53. The predicted molar refractivity (Wildman–Crippen MR) is 93.1 cm³/mol. The minimum atomic E-state index is 0.0765. The van der Waals surface area contributed by atoms with Crippen LogP contribution in [-0.4, -0.2) is 12.5 Å². The number of rotatable bonds is 8. The van der Waals surface area contributed by atoms with E-state index in [1.807, 2.05) is 49.4 Å². The minimum absolute atomic E-state index is 0.0765. The molecule has 0 bridgehead atoms. The summed E-state index contributed by atoms with van der Waals surface area (Å²) in [5.41, 5.74) is 3.44. The van der Waals surface area contributed by atoms with Crippen LogP contribution < -0.4 is 5.32 Å². The van der Waals surface area contributed by atoms with E-state index in [0.29, 0.717) is 26.2 Å². The number of hydrogen-bond donors (Lipinski definition) is 1. The molecule has 3 nitrogen and oxygen atoms in total. The van der Waals surface area contributed by atoms with Gasteiger partial charge in [-0.2, -0.15) is 0 Å². The van der Waals surface area contributed by atoms with Gasteiger partial charge >= 0.3 is 0 Å². The van der Waals surface area contributed by atoms with Crippen molar-refractivity contribution < 1.29 is 9.53 Å². The molecular formula is C20H25NO2. The van der Waals surface area contributed by atoms with E-state index in [9.17, 15) is 4.79 Å². The van der Waals surface area contributed by atoms with Crippen molar-refractivity contribution in [3.8, 4) is 0 Å². The summed E-state index contributed by atoms with van der Waals surface area (Å²) < 4.78 is 5.48. The average molecular weight is 311 g/mol. The summed E-state index contributed by atoms with van der Waals surface area (Å²) in [4.78, 5) is 12.2. The highest BCUT2D eigenvalue weighted by Gasteiger charge is 2.11. The molecule has 3 heteroatoms. The zero-order chi connectivity index (χ0) is 16.5. The number of hydrogen-bond acceptors (Lipinski definition) is 2. The number of benzene rings is 2. The summed E-state index contributed by atoms with van der Waals surface area (Å²) in [5, 5.41) is 3.02. The molecule has 1 unspecified atom stereocenters. The van der Waals surface area contributed by atoms with Crippen LogP contribution in [0, 0.1) is 0 Å². The van der Waals surface area contributed by atoms with Crippen molar-refractivity contribution in [3.05, 3.63) is 71.3 Å². The second-order valence-electron chi connectivity index (χ2n) is 5.70. The number of ether oxygens (including phenoxy) is 1. The maximum atomic E-state index is 12.2. The molecule has 2 aromatic rings. The van der Waals surface area contributed by atoms with E-state index < -0.39 is 0 Å². The van der Waals surface area contributed by atoms with Gasteiger partial charge in [0.1, 0.15) is 0 Å². The van der Waals surface area contributed by atoms with Crippen LogP contribution in [0.3, 0.4) is 0 Å². The fourth-order valence-electron chi connectivity index (χ4n) is 2.53. The van der Waals surface area contributed by atoms with Crippen molar-refractivity contribution in [1.29, 1.82) is 0 Å². The van der Waals surface area contributed by atoms with Gasteiger partial charge in [-0.25, -0.2) is 0 Å². The third-order valence-electron chi connectivity index (χ3n) is 3.92. The average Bonchev–Trinajstić information content (AvgIpc) is 2.59. The lowest BCUT2D eigenvalue weighted by molar-refractivity contribution is -0.121. The zero-order valence-corrected chi connectivity index (χ0v) is 13.9. The van der Waals surface area contributed by atoms with Crippen LogP contribution in [0.25, 0.3) is 0 Å². The van der Waals surface area contributed by atoms with E-state index in [2.05, 4.69) is 24.4 Å². The molecule has 0 aliphatic rings. The topological polar surface area (TPSA) is 38.3 Å². The van der Waals surface area contributed by atoms with Gasteiger partial charge in [0, 0.05) is 19.6 Å². The van der Waals surface area contributed by atoms with Crippen molar-refractivity contribution in [1.82, 2.24) is 5.32 Å². The Labute approximate surface area is 138 Å². The van der Waals surface area contributed by atoms with Gasteiger partial charge in [0.2, 0.25) is 5.91 Å². The highest BCUT2D eigenvalue weighted by atomic mass is 16.5. The quantitative estimate of drug-likeness (QED) is 0.799. The van der Waals surface area contributed by atoms with Gasteiger partial charge < -0.3 is 10.1 Å². The van der Waals surface area contributed by atoms with Crippen LogP contribution in [0.1, 0.15) is 42.9 Å². The van der Waals surface area contributed by atoms with Crippen LogP contribution in [0.2, 0.25) is 0 Å². The molecule has 0 aliphatic heterocycles. The summed E-state index contributed by atoms with van der Waals surface area (Å²) in [6.07, 6.45) is 0.498. The van der Waals surface area contributed by atoms with Crippen LogP contribution in [0.5, 0.6) is 0 Å². The normalized spacial score (nSPS) is 11.9. The molecule has 2 aromatic carbocycles. The molecule has 1 atom stereocenters. The highest BCUT2D eigenvalue weighted by molar-refractivity contribution is 5.76. The Morgan fingerprint density at radius 2 is 1.70 bits per heavy atom. The summed E-state index contributed by atoms with van der Waals surface area (Å²) in [6.45, 7) is 5.88. The molecule has 0 spiro atoms. The molecule has 0 heterocycles.